The zero-order valence-electron chi connectivity index (χ0n) is 10.3. The lowest BCUT2D eigenvalue weighted by atomic mass is 10.2. The van der Waals surface area contributed by atoms with E-state index in [1.807, 2.05) is 4.90 Å². The van der Waals surface area contributed by atoms with Crippen molar-refractivity contribution >= 4 is 15.7 Å². The van der Waals surface area contributed by atoms with Crippen LogP contribution in [0.2, 0.25) is 0 Å². The second-order valence-electron chi connectivity index (χ2n) is 5.09. The first-order valence-electron chi connectivity index (χ1n) is 6.35. The molecule has 0 aromatic heterocycles. The van der Waals surface area contributed by atoms with Crippen LogP contribution in [0.25, 0.3) is 0 Å². The first-order valence-corrected chi connectivity index (χ1v) is 8.17. The van der Waals surface area contributed by atoms with Crippen molar-refractivity contribution in [1.82, 2.24) is 10.2 Å². The van der Waals surface area contributed by atoms with E-state index in [0.717, 1.165) is 12.8 Å². The molecule has 0 bridgehead atoms. The Bertz CT molecular complexity index is 405. The van der Waals surface area contributed by atoms with Gasteiger partial charge < -0.3 is 10.4 Å². The number of sulfone groups is 1. The maximum absolute atomic E-state index is 11.8. The number of carbonyl (C=O) groups excluding carboxylic acids is 1. The number of aliphatic hydroxyl groups excluding tert-OH is 1. The molecule has 2 N–H and O–H groups in total. The van der Waals surface area contributed by atoms with Crippen molar-refractivity contribution in [3.05, 3.63) is 0 Å². The van der Waals surface area contributed by atoms with Crippen LogP contribution in [-0.2, 0) is 14.6 Å². The van der Waals surface area contributed by atoms with Crippen molar-refractivity contribution in [2.45, 2.75) is 31.3 Å². The summed E-state index contributed by atoms with van der Waals surface area (Å²) in [7, 11) is -2.95. The predicted octanol–water partition coefficient (Wildman–Crippen LogP) is -1.25. The van der Waals surface area contributed by atoms with E-state index < -0.39 is 9.84 Å². The molecule has 0 aromatic carbocycles. The van der Waals surface area contributed by atoms with Crippen molar-refractivity contribution in [3.8, 4) is 0 Å². The molecule has 1 unspecified atom stereocenters. The second kappa shape index (κ2) is 5.54. The summed E-state index contributed by atoms with van der Waals surface area (Å²) < 4.78 is 22.5. The van der Waals surface area contributed by atoms with E-state index in [1.165, 1.54) is 0 Å². The fourth-order valence-corrected chi connectivity index (χ4v) is 4.00. The lowest BCUT2D eigenvalue weighted by molar-refractivity contribution is -0.123. The smallest absolute Gasteiger partial charge is 0.234 e. The summed E-state index contributed by atoms with van der Waals surface area (Å²) >= 11 is 0. The Balaban J connectivity index is 1.77. The van der Waals surface area contributed by atoms with Gasteiger partial charge in [0, 0.05) is 18.6 Å². The highest BCUT2D eigenvalue weighted by molar-refractivity contribution is 7.91. The maximum atomic E-state index is 11.8. The molecular weight excluding hydrogens is 256 g/mol. The fraction of sp³-hybridized carbons (Fsp3) is 0.909. The van der Waals surface area contributed by atoms with Gasteiger partial charge in [0.2, 0.25) is 5.91 Å². The summed E-state index contributed by atoms with van der Waals surface area (Å²) in [5.41, 5.74) is 0. The maximum Gasteiger partial charge on any atom is 0.234 e. The fourth-order valence-electron chi connectivity index (χ4n) is 2.33. The molecule has 104 valence electrons. The Morgan fingerprint density at radius 3 is 2.56 bits per heavy atom. The van der Waals surface area contributed by atoms with Gasteiger partial charge >= 0.3 is 0 Å². The van der Waals surface area contributed by atoms with Crippen LogP contribution in [0.3, 0.4) is 0 Å². The van der Waals surface area contributed by atoms with E-state index in [1.54, 1.807) is 0 Å². The molecule has 0 aromatic rings. The quantitative estimate of drug-likeness (QED) is 0.633. The normalized spacial score (nSPS) is 26.4. The molecule has 1 heterocycles. The molecule has 1 atom stereocenters. The molecule has 2 aliphatic rings. The number of hydrogen-bond acceptors (Lipinski definition) is 5. The molecule has 2 fully saturated rings. The highest BCUT2D eigenvalue weighted by Crippen LogP contribution is 2.26. The number of nitrogens with one attached hydrogen (secondary N) is 1. The Morgan fingerprint density at radius 1 is 1.33 bits per heavy atom. The number of hydrogen-bond donors (Lipinski definition) is 2. The van der Waals surface area contributed by atoms with Crippen molar-refractivity contribution in [2.75, 3.05) is 31.2 Å². The Morgan fingerprint density at radius 2 is 2.06 bits per heavy atom. The first kappa shape index (κ1) is 13.8. The largest absolute Gasteiger partial charge is 0.395 e. The zero-order chi connectivity index (χ0) is 13.2. The average molecular weight is 276 g/mol. The molecule has 0 radical (unpaired) electrons. The van der Waals surface area contributed by atoms with Crippen LogP contribution in [0.5, 0.6) is 0 Å². The lowest BCUT2D eigenvalue weighted by Crippen LogP contribution is -2.44. The molecule has 1 amide bonds. The van der Waals surface area contributed by atoms with Crippen LogP contribution >= 0.6 is 0 Å². The number of nitrogens with zero attached hydrogens (tertiary/aromatic N) is 1. The Labute approximate surface area is 107 Å². The van der Waals surface area contributed by atoms with Crippen LogP contribution in [0.1, 0.15) is 19.3 Å². The number of aliphatic hydroxyl groups is 1. The van der Waals surface area contributed by atoms with Gasteiger partial charge in [0.25, 0.3) is 0 Å². The summed E-state index contributed by atoms with van der Waals surface area (Å²) in [6, 6.07) is 0.174. The first-order chi connectivity index (χ1) is 8.50. The van der Waals surface area contributed by atoms with E-state index in [4.69, 9.17) is 5.11 Å². The van der Waals surface area contributed by atoms with Gasteiger partial charge in [0.1, 0.15) is 0 Å². The number of rotatable bonds is 6. The molecule has 1 aliphatic heterocycles. The van der Waals surface area contributed by atoms with Gasteiger partial charge in [-0.25, -0.2) is 8.42 Å². The van der Waals surface area contributed by atoms with Crippen LogP contribution in [0, 0.1) is 0 Å². The monoisotopic (exact) mass is 276 g/mol. The van der Waals surface area contributed by atoms with Crippen molar-refractivity contribution in [3.63, 3.8) is 0 Å². The van der Waals surface area contributed by atoms with Crippen LogP contribution in [0.4, 0.5) is 0 Å². The van der Waals surface area contributed by atoms with Gasteiger partial charge in [-0.2, -0.15) is 0 Å². The van der Waals surface area contributed by atoms with Gasteiger partial charge in [-0.15, -0.1) is 0 Å². The minimum absolute atomic E-state index is 0.0432. The van der Waals surface area contributed by atoms with Crippen molar-refractivity contribution in [2.24, 2.45) is 0 Å². The average Bonchev–Trinajstić information content (AvgIpc) is 3.04. The van der Waals surface area contributed by atoms with Crippen molar-refractivity contribution in [1.29, 1.82) is 0 Å². The molecule has 18 heavy (non-hydrogen) atoms. The van der Waals surface area contributed by atoms with E-state index in [9.17, 15) is 13.2 Å². The van der Waals surface area contributed by atoms with Crippen LogP contribution in [-0.4, -0.2) is 67.6 Å². The van der Waals surface area contributed by atoms with Crippen LogP contribution < -0.4 is 5.32 Å². The molecule has 0 spiro atoms. The molecular formula is C11H20N2O4S. The van der Waals surface area contributed by atoms with E-state index >= 15 is 0 Å². The van der Waals surface area contributed by atoms with Crippen LogP contribution in [0.15, 0.2) is 0 Å². The minimum atomic E-state index is -2.95. The van der Waals surface area contributed by atoms with E-state index in [-0.39, 0.29) is 36.6 Å². The minimum Gasteiger partial charge on any atom is -0.395 e. The van der Waals surface area contributed by atoms with E-state index in [0.29, 0.717) is 19.0 Å². The highest BCUT2D eigenvalue weighted by atomic mass is 32.2. The standard InChI is InChI=1S/C11H20N2O4S/c14-5-4-13(10-1-2-10)7-11(15)12-9-3-6-18(16,17)8-9/h9-10,14H,1-8H2,(H,12,15). The summed E-state index contributed by atoms with van der Waals surface area (Å²) in [6.45, 7) is 0.796. The van der Waals surface area contributed by atoms with Gasteiger partial charge in [-0.3, -0.25) is 9.69 Å². The molecule has 1 saturated heterocycles. The lowest BCUT2D eigenvalue weighted by Gasteiger charge is -2.21. The highest BCUT2D eigenvalue weighted by Gasteiger charge is 2.32. The third-order valence-electron chi connectivity index (χ3n) is 3.39. The Hall–Kier alpha value is -0.660. The zero-order valence-corrected chi connectivity index (χ0v) is 11.2. The SMILES string of the molecule is O=C(CN(CCO)C1CC1)NC1CCS(=O)(=O)C1. The van der Waals surface area contributed by atoms with Gasteiger partial charge in [-0.1, -0.05) is 0 Å². The molecule has 7 heteroatoms. The predicted molar refractivity (Wildman–Crippen MR) is 66.9 cm³/mol. The third kappa shape index (κ3) is 3.93. The van der Waals surface area contributed by atoms with Gasteiger partial charge in [0.05, 0.1) is 24.7 Å². The van der Waals surface area contributed by atoms with Gasteiger partial charge in [0.15, 0.2) is 9.84 Å². The third-order valence-corrected chi connectivity index (χ3v) is 5.16. The molecule has 1 aliphatic carbocycles. The van der Waals surface area contributed by atoms with E-state index in [2.05, 4.69) is 5.32 Å². The summed E-state index contributed by atoms with van der Waals surface area (Å²) in [5, 5.41) is 11.7. The van der Waals surface area contributed by atoms with Gasteiger partial charge in [-0.05, 0) is 19.3 Å². The number of carbonyl (C=O) groups is 1. The molecule has 1 saturated carbocycles. The van der Waals surface area contributed by atoms with Crippen molar-refractivity contribution < 1.29 is 18.3 Å². The topological polar surface area (TPSA) is 86.7 Å². The summed E-state index contributed by atoms with van der Waals surface area (Å²) in [4.78, 5) is 13.8. The summed E-state index contributed by atoms with van der Waals surface area (Å²) in [5.74, 6) is 0.0840. The summed E-state index contributed by atoms with van der Waals surface area (Å²) in [6.07, 6.45) is 2.66. The number of amides is 1. The Kier molecular flexibility index (Phi) is 4.24. The molecule has 6 nitrogen and oxygen atoms in total. The second-order valence-corrected chi connectivity index (χ2v) is 7.32. The molecule has 2 rings (SSSR count).